The van der Waals surface area contributed by atoms with Crippen molar-refractivity contribution in [2.24, 2.45) is 0 Å². The number of hydrogen-bond acceptors (Lipinski definition) is 8. The van der Waals surface area contributed by atoms with Crippen molar-refractivity contribution in [1.29, 1.82) is 0 Å². The van der Waals surface area contributed by atoms with Crippen molar-refractivity contribution in [2.75, 3.05) is 80.3 Å². The molecule has 0 spiro atoms. The molecule has 0 aliphatic carbocycles. The predicted molar refractivity (Wildman–Crippen MR) is 73.5 cm³/mol. The fourth-order valence-electron chi connectivity index (χ4n) is 1.12. The van der Waals surface area contributed by atoms with Gasteiger partial charge in [-0.1, -0.05) is 0 Å². The fraction of sp³-hybridized carbons (Fsp3) is 0.923. The van der Waals surface area contributed by atoms with Gasteiger partial charge in [0.25, 0.3) is 0 Å². The molecule has 21 heavy (non-hydrogen) atoms. The first kappa shape index (κ1) is 20.1. The van der Waals surface area contributed by atoms with Gasteiger partial charge in [0, 0.05) is 14.2 Å². The van der Waals surface area contributed by atoms with Crippen molar-refractivity contribution in [3.8, 4) is 0 Å². The molecule has 0 aromatic rings. The molecule has 0 aromatic carbocycles. The molecule has 126 valence electrons. The zero-order valence-electron chi connectivity index (χ0n) is 12.8. The van der Waals surface area contributed by atoms with Crippen molar-refractivity contribution in [1.82, 2.24) is 0 Å². The Morgan fingerprint density at radius 3 is 1.29 bits per heavy atom. The largest absolute Gasteiger partial charge is 0.508 e. The summed E-state index contributed by atoms with van der Waals surface area (Å²) in [5.74, 6) is 0. The van der Waals surface area contributed by atoms with Crippen LogP contribution in [0.1, 0.15) is 0 Å². The highest BCUT2D eigenvalue weighted by Gasteiger charge is 2.09. The summed E-state index contributed by atoms with van der Waals surface area (Å²) in [5.41, 5.74) is 0. The minimum Gasteiger partial charge on any atom is -0.431 e. The number of cyclic esters (lactones) is 2. The average molecular weight is 310 g/mol. The highest BCUT2D eigenvalue weighted by atomic mass is 16.8. The number of rotatable bonds is 12. The van der Waals surface area contributed by atoms with Gasteiger partial charge in [0.2, 0.25) is 0 Å². The molecule has 0 amide bonds. The summed E-state index contributed by atoms with van der Waals surface area (Å²) in [7, 11) is 3.30. The lowest BCUT2D eigenvalue weighted by Gasteiger charge is -2.06. The van der Waals surface area contributed by atoms with Gasteiger partial charge in [-0.15, -0.1) is 0 Å². The Kier molecular flexibility index (Phi) is 16.4. The van der Waals surface area contributed by atoms with Gasteiger partial charge in [-0.25, -0.2) is 4.79 Å². The van der Waals surface area contributed by atoms with E-state index in [0.29, 0.717) is 66.1 Å². The summed E-state index contributed by atoms with van der Waals surface area (Å²) >= 11 is 0. The molecule has 0 radical (unpaired) electrons. The van der Waals surface area contributed by atoms with E-state index >= 15 is 0 Å². The first-order chi connectivity index (χ1) is 10.3. The van der Waals surface area contributed by atoms with Crippen LogP contribution in [-0.4, -0.2) is 86.4 Å². The van der Waals surface area contributed by atoms with Crippen LogP contribution >= 0.6 is 0 Å². The van der Waals surface area contributed by atoms with Crippen LogP contribution in [0.3, 0.4) is 0 Å². The molecular formula is C13H26O8. The lowest BCUT2D eigenvalue weighted by molar-refractivity contribution is -0.00380. The van der Waals surface area contributed by atoms with Gasteiger partial charge >= 0.3 is 6.16 Å². The van der Waals surface area contributed by atoms with Crippen LogP contribution in [0.2, 0.25) is 0 Å². The summed E-state index contributed by atoms with van der Waals surface area (Å²) in [6.07, 6.45) is -0.546. The Hall–Kier alpha value is -0.930. The van der Waals surface area contributed by atoms with E-state index in [2.05, 4.69) is 9.47 Å². The normalized spacial score (nSPS) is 13.3. The smallest absolute Gasteiger partial charge is 0.431 e. The summed E-state index contributed by atoms with van der Waals surface area (Å²) in [6, 6.07) is 0. The second kappa shape index (κ2) is 17.1. The van der Waals surface area contributed by atoms with E-state index in [1.165, 1.54) is 0 Å². The van der Waals surface area contributed by atoms with E-state index in [9.17, 15) is 4.79 Å². The quantitative estimate of drug-likeness (QED) is 0.380. The molecule has 1 rings (SSSR count). The van der Waals surface area contributed by atoms with Crippen molar-refractivity contribution < 1.29 is 38.0 Å². The molecule has 1 fully saturated rings. The van der Waals surface area contributed by atoms with E-state index in [1.54, 1.807) is 14.2 Å². The summed E-state index contributed by atoms with van der Waals surface area (Å²) < 4.78 is 33.9. The molecule has 8 heteroatoms. The van der Waals surface area contributed by atoms with Crippen molar-refractivity contribution >= 4 is 6.16 Å². The molecular weight excluding hydrogens is 284 g/mol. The van der Waals surface area contributed by atoms with Gasteiger partial charge < -0.3 is 33.2 Å². The molecule has 1 saturated heterocycles. The van der Waals surface area contributed by atoms with Gasteiger partial charge in [-0.3, -0.25) is 0 Å². The second-order valence-corrected chi connectivity index (χ2v) is 3.77. The monoisotopic (exact) mass is 310 g/mol. The highest BCUT2D eigenvalue weighted by molar-refractivity contribution is 5.61. The Bertz CT molecular complexity index is 204. The maximum atomic E-state index is 9.80. The van der Waals surface area contributed by atoms with E-state index in [1.807, 2.05) is 0 Å². The van der Waals surface area contributed by atoms with Crippen LogP contribution in [0.5, 0.6) is 0 Å². The van der Waals surface area contributed by atoms with Crippen molar-refractivity contribution in [3.05, 3.63) is 0 Å². The molecule has 0 unspecified atom stereocenters. The molecule has 0 atom stereocenters. The fourth-order valence-corrected chi connectivity index (χ4v) is 1.12. The Morgan fingerprint density at radius 2 is 1.05 bits per heavy atom. The van der Waals surface area contributed by atoms with E-state index in [-0.39, 0.29) is 0 Å². The summed E-state index contributed by atoms with van der Waals surface area (Å²) in [6.45, 7) is 5.70. The highest BCUT2D eigenvalue weighted by Crippen LogP contribution is 1.92. The SMILES string of the molecule is COCCOCCOCCOCCOC.O=C1OCCO1. The third kappa shape index (κ3) is 17.0. The zero-order valence-corrected chi connectivity index (χ0v) is 12.8. The molecule has 0 saturated carbocycles. The number of ether oxygens (including phenoxy) is 7. The molecule has 0 bridgehead atoms. The average Bonchev–Trinajstić information content (AvgIpc) is 2.97. The van der Waals surface area contributed by atoms with E-state index < -0.39 is 6.16 Å². The van der Waals surface area contributed by atoms with Gasteiger partial charge in [-0.2, -0.15) is 0 Å². The first-order valence-electron chi connectivity index (χ1n) is 6.82. The van der Waals surface area contributed by atoms with Crippen LogP contribution in [0, 0.1) is 0 Å². The molecule has 0 N–H and O–H groups in total. The zero-order chi connectivity index (χ0) is 15.6. The minimum absolute atomic E-state index is 0.416. The lowest BCUT2D eigenvalue weighted by atomic mass is 10.7. The van der Waals surface area contributed by atoms with Gasteiger partial charge in [0.15, 0.2) is 0 Å². The minimum atomic E-state index is -0.546. The predicted octanol–water partition coefficient (Wildman–Crippen LogP) is 0.482. The Labute approximate surface area is 125 Å². The summed E-state index contributed by atoms with van der Waals surface area (Å²) in [5, 5.41) is 0. The number of carbonyl (C=O) groups is 1. The molecule has 0 aromatic heterocycles. The maximum absolute atomic E-state index is 9.80. The Balaban J connectivity index is 0.000000547. The third-order valence-corrected chi connectivity index (χ3v) is 2.13. The topological polar surface area (TPSA) is 81.7 Å². The second-order valence-electron chi connectivity index (χ2n) is 3.77. The molecule has 1 heterocycles. The van der Waals surface area contributed by atoms with Crippen LogP contribution in [-0.2, 0) is 33.2 Å². The Morgan fingerprint density at radius 1 is 0.714 bits per heavy atom. The van der Waals surface area contributed by atoms with Crippen LogP contribution in [0.4, 0.5) is 4.79 Å². The summed E-state index contributed by atoms with van der Waals surface area (Å²) in [4.78, 5) is 9.80. The van der Waals surface area contributed by atoms with Crippen LogP contribution < -0.4 is 0 Å². The van der Waals surface area contributed by atoms with E-state index in [4.69, 9.17) is 23.7 Å². The first-order valence-corrected chi connectivity index (χ1v) is 6.82. The van der Waals surface area contributed by atoms with Crippen LogP contribution in [0.15, 0.2) is 0 Å². The van der Waals surface area contributed by atoms with E-state index in [0.717, 1.165) is 0 Å². The third-order valence-electron chi connectivity index (χ3n) is 2.13. The van der Waals surface area contributed by atoms with Gasteiger partial charge in [-0.05, 0) is 0 Å². The van der Waals surface area contributed by atoms with Crippen molar-refractivity contribution in [2.45, 2.75) is 0 Å². The number of methoxy groups -OCH3 is 2. The number of hydrogen-bond donors (Lipinski definition) is 0. The standard InChI is InChI=1S/C10H22O5.C3H4O3/c1-11-3-5-13-7-9-15-10-8-14-6-4-12-2;4-3-5-1-2-6-3/h3-10H2,1-2H3;1-2H2. The maximum Gasteiger partial charge on any atom is 0.508 e. The molecule has 8 nitrogen and oxygen atoms in total. The van der Waals surface area contributed by atoms with Crippen LogP contribution in [0.25, 0.3) is 0 Å². The molecule has 1 aliphatic rings. The molecule has 1 aliphatic heterocycles. The van der Waals surface area contributed by atoms with Crippen molar-refractivity contribution in [3.63, 3.8) is 0 Å². The van der Waals surface area contributed by atoms with Gasteiger partial charge in [0.05, 0.1) is 52.9 Å². The lowest BCUT2D eigenvalue weighted by Crippen LogP contribution is -2.12. The van der Waals surface area contributed by atoms with Gasteiger partial charge in [0.1, 0.15) is 13.2 Å². The number of carbonyl (C=O) groups excluding carboxylic acids is 1.